The maximum atomic E-state index is 11.8. The molecule has 0 heterocycles. The number of ether oxygens (including phenoxy) is 2. The van der Waals surface area contributed by atoms with Crippen molar-refractivity contribution in [3.05, 3.63) is 53.6 Å². The first-order chi connectivity index (χ1) is 10.2. The van der Waals surface area contributed by atoms with Crippen LogP contribution in [0.1, 0.15) is 6.92 Å². The maximum Gasteiger partial charge on any atom is 0.262 e. The van der Waals surface area contributed by atoms with E-state index in [4.69, 9.17) is 21.1 Å². The highest BCUT2D eigenvalue weighted by Gasteiger charge is 2.06. The Hall–Kier alpha value is -2.20. The zero-order valence-electron chi connectivity index (χ0n) is 11.6. The van der Waals surface area contributed by atoms with Gasteiger partial charge in [0.2, 0.25) is 0 Å². The van der Waals surface area contributed by atoms with Crippen LogP contribution >= 0.6 is 11.6 Å². The summed E-state index contributed by atoms with van der Waals surface area (Å²) in [6, 6.07) is 14.2. The Morgan fingerprint density at radius 3 is 2.29 bits per heavy atom. The van der Waals surface area contributed by atoms with E-state index in [-0.39, 0.29) is 12.5 Å². The molecule has 0 fully saturated rings. The molecule has 0 aliphatic carbocycles. The smallest absolute Gasteiger partial charge is 0.262 e. The van der Waals surface area contributed by atoms with E-state index in [1.165, 1.54) is 0 Å². The van der Waals surface area contributed by atoms with E-state index < -0.39 is 0 Å². The number of para-hydroxylation sites is 1. The molecule has 0 radical (unpaired) electrons. The number of benzene rings is 2. The second-order valence-corrected chi connectivity index (χ2v) is 4.63. The van der Waals surface area contributed by atoms with Gasteiger partial charge in [-0.15, -0.1) is 0 Å². The number of rotatable bonds is 6. The van der Waals surface area contributed by atoms with Crippen LogP contribution in [0.25, 0.3) is 0 Å². The van der Waals surface area contributed by atoms with E-state index in [1.807, 2.05) is 6.92 Å². The summed E-state index contributed by atoms with van der Waals surface area (Å²) in [6.45, 7) is 2.45. The van der Waals surface area contributed by atoms with Gasteiger partial charge < -0.3 is 14.8 Å². The topological polar surface area (TPSA) is 47.6 Å². The Kier molecular flexibility index (Phi) is 5.46. The fraction of sp³-hybridized carbons (Fsp3) is 0.188. The molecule has 4 nitrogen and oxygen atoms in total. The number of amides is 1. The molecule has 1 N–H and O–H groups in total. The molecule has 0 bridgehead atoms. The molecule has 2 aromatic rings. The average molecular weight is 306 g/mol. The summed E-state index contributed by atoms with van der Waals surface area (Å²) in [4.78, 5) is 11.8. The highest BCUT2D eigenvalue weighted by Crippen LogP contribution is 2.20. The first-order valence-electron chi connectivity index (χ1n) is 6.59. The normalized spacial score (nSPS) is 10.0. The molecule has 21 heavy (non-hydrogen) atoms. The number of anilines is 1. The molecular formula is C16H16ClNO3. The van der Waals surface area contributed by atoms with Gasteiger partial charge in [-0.2, -0.15) is 0 Å². The van der Waals surface area contributed by atoms with E-state index in [1.54, 1.807) is 48.5 Å². The number of carbonyl (C=O) groups is 1. The van der Waals surface area contributed by atoms with Crippen molar-refractivity contribution >= 4 is 23.2 Å². The predicted octanol–water partition coefficient (Wildman–Crippen LogP) is 3.76. The summed E-state index contributed by atoms with van der Waals surface area (Å²) in [7, 11) is 0. The molecule has 2 aromatic carbocycles. The van der Waals surface area contributed by atoms with Crippen molar-refractivity contribution in [2.24, 2.45) is 0 Å². The maximum absolute atomic E-state index is 11.8. The van der Waals surface area contributed by atoms with Crippen LogP contribution in [0, 0.1) is 0 Å². The Morgan fingerprint density at radius 1 is 1.05 bits per heavy atom. The first kappa shape index (κ1) is 15.2. The van der Waals surface area contributed by atoms with Crippen molar-refractivity contribution in [2.45, 2.75) is 6.92 Å². The minimum Gasteiger partial charge on any atom is -0.494 e. The van der Waals surface area contributed by atoms with Crippen molar-refractivity contribution in [3.8, 4) is 11.5 Å². The lowest BCUT2D eigenvalue weighted by Gasteiger charge is -2.09. The second-order valence-electron chi connectivity index (χ2n) is 4.22. The third kappa shape index (κ3) is 4.68. The monoisotopic (exact) mass is 305 g/mol. The van der Waals surface area contributed by atoms with Gasteiger partial charge in [0.25, 0.3) is 5.91 Å². The van der Waals surface area contributed by atoms with Gasteiger partial charge in [0, 0.05) is 0 Å². The van der Waals surface area contributed by atoms with Crippen molar-refractivity contribution in [1.29, 1.82) is 0 Å². The van der Waals surface area contributed by atoms with Crippen LogP contribution in [0.5, 0.6) is 11.5 Å². The molecule has 0 atom stereocenters. The molecule has 1 amide bonds. The Morgan fingerprint density at radius 2 is 1.67 bits per heavy atom. The molecule has 0 saturated carbocycles. The molecule has 110 valence electrons. The molecule has 0 aromatic heterocycles. The molecule has 2 rings (SSSR count). The zero-order valence-corrected chi connectivity index (χ0v) is 12.4. The third-order valence-corrected chi connectivity index (χ3v) is 2.98. The van der Waals surface area contributed by atoms with Gasteiger partial charge in [0.05, 0.1) is 17.3 Å². The van der Waals surface area contributed by atoms with Crippen molar-refractivity contribution in [2.75, 3.05) is 18.5 Å². The SMILES string of the molecule is CCOc1ccc(OCC(=O)Nc2ccccc2Cl)cc1. The Balaban J connectivity index is 1.85. The van der Waals surface area contributed by atoms with E-state index in [2.05, 4.69) is 5.32 Å². The summed E-state index contributed by atoms with van der Waals surface area (Å²) >= 11 is 5.96. The van der Waals surface area contributed by atoms with Crippen LogP contribution in [0.15, 0.2) is 48.5 Å². The highest BCUT2D eigenvalue weighted by molar-refractivity contribution is 6.33. The average Bonchev–Trinajstić information content (AvgIpc) is 2.49. The fourth-order valence-electron chi connectivity index (χ4n) is 1.70. The summed E-state index contributed by atoms with van der Waals surface area (Å²) in [6.07, 6.45) is 0. The third-order valence-electron chi connectivity index (χ3n) is 2.65. The van der Waals surface area contributed by atoms with E-state index in [0.717, 1.165) is 5.75 Å². The molecule has 0 aliphatic rings. The van der Waals surface area contributed by atoms with Crippen LogP contribution in [0.2, 0.25) is 5.02 Å². The molecule has 0 aliphatic heterocycles. The van der Waals surface area contributed by atoms with Crippen LogP contribution in [0.4, 0.5) is 5.69 Å². The molecule has 0 saturated heterocycles. The van der Waals surface area contributed by atoms with E-state index >= 15 is 0 Å². The standard InChI is InChI=1S/C16H16ClNO3/c1-2-20-12-7-9-13(10-8-12)21-11-16(19)18-15-6-4-3-5-14(15)17/h3-10H,2,11H2,1H3,(H,18,19). The second kappa shape index (κ2) is 7.55. The van der Waals surface area contributed by atoms with Gasteiger partial charge in [0.15, 0.2) is 6.61 Å². The predicted molar refractivity (Wildman–Crippen MR) is 83.2 cm³/mol. The molecule has 0 spiro atoms. The van der Waals surface area contributed by atoms with Gasteiger partial charge in [-0.25, -0.2) is 0 Å². The lowest BCUT2D eigenvalue weighted by atomic mass is 10.3. The van der Waals surface area contributed by atoms with Crippen molar-refractivity contribution in [3.63, 3.8) is 0 Å². The van der Waals surface area contributed by atoms with Crippen LogP contribution in [-0.2, 0) is 4.79 Å². The largest absolute Gasteiger partial charge is 0.494 e. The van der Waals surface area contributed by atoms with Gasteiger partial charge in [-0.05, 0) is 43.3 Å². The van der Waals surface area contributed by atoms with Crippen LogP contribution < -0.4 is 14.8 Å². The fourth-order valence-corrected chi connectivity index (χ4v) is 1.88. The summed E-state index contributed by atoms with van der Waals surface area (Å²) in [5, 5.41) is 3.18. The molecule has 0 unspecified atom stereocenters. The lowest BCUT2D eigenvalue weighted by Crippen LogP contribution is -2.20. The Bertz CT molecular complexity index is 599. The number of nitrogens with one attached hydrogen (secondary N) is 1. The minimum atomic E-state index is -0.267. The number of halogens is 1. The van der Waals surface area contributed by atoms with E-state index in [0.29, 0.717) is 23.1 Å². The van der Waals surface area contributed by atoms with Crippen molar-refractivity contribution in [1.82, 2.24) is 0 Å². The van der Waals surface area contributed by atoms with Crippen LogP contribution in [-0.4, -0.2) is 19.1 Å². The highest BCUT2D eigenvalue weighted by atomic mass is 35.5. The first-order valence-corrected chi connectivity index (χ1v) is 6.97. The molecular weight excluding hydrogens is 290 g/mol. The number of carbonyl (C=O) groups excluding carboxylic acids is 1. The van der Waals surface area contributed by atoms with Crippen molar-refractivity contribution < 1.29 is 14.3 Å². The molecule has 5 heteroatoms. The zero-order chi connectivity index (χ0) is 15.1. The Labute approximate surface area is 128 Å². The van der Waals surface area contributed by atoms with Crippen LogP contribution in [0.3, 0.4) is 0 Å². The number of hydrogen-bond acceptors (Lipinski definition) is 3. The quantitative estimate of drug-likeness (QED) is 0.884. The van der Waals surface area contributed by atoms with Gasteiger partial charge in [0.1, 0.15) is 11.5 Å². The summed E-state index contributed by atoms with van der Waals surface area (Å²) < 4.78 is 10.7. The summed E-state index contributed by atoms with van der Waals surface area (Å²) in [5.41, 5.74) is 0.569. The van der Waals surface area contributed by atoms with Gasteiger partial charge >= 0.3 is 0 Å². The lowest BCUT2D eigenvalue weighted by molar-refractivity contribution is -0.118. The minimum absolute atomic E-state index is 0.0841. The number of hydrogen-bond donors (Lipinski definition) is 1. The summed E-state index contributed by atoms with van der Waals surface area (Å²) in [5.74, 6) is 1.11. The van der Waals surface area contributed by atoms with Gasteiger partial charge in [-0.1, -0.05) is 23.7 Å². The van der Waals surface area contributed by atoms with Gasteiger partial charge in [-0.3, -0.25) is 4.79 Å². The van der Waals surface area contributed by atoms with E-state index in [9.17, 15) is 4.79 Å².